The molecule has 0 amide bonds. The molecule has 0 spiro atoms. The normalized spacial score (nSPS) is 19.8. The Labute approximate surface area is 123 Å². The highest BCUT2D eigenvalue weighted by molar-refractivity contribution is 6.32. The molecule has 1 heterocycles. The number of benzene rings is 1. The van der Waals surface area contributed by atoms with Gasteiger partial charge in [0.05, 0.1) is 4.92 Å². The van der Waals surface area contributed by atoms with Crippen molar-refractivity contribution in [2.45, 2.75) is 19.5 Å². The van der Waals surface area contributed by atoms with Crippen molar-refractivity contribution in [3.8, 4) is 0 Å². The van der Waals surface area contributed by atoms with E-state index in [0.29, 0.717) is 6.04 Å². The fraction of sp³-hybridized carbons (Fsp3) is 0.500. The molecular weight excluding hydrogens is 289 g/mol. The van der Waals surface area contributed by atoms with E-state index < -0.39 is 4.92 Å². The molecule has 0 bridgehead atoms. The van der Waals surface area contributed by atoms with Gasteiger partial charge in [0.25, 0.3) is 5.69 Å². The lowest BCUT2D eigenvalue weighted by atomic mass is 10.1. The smallest absolute Gasteiger partial charge is 0.288 e. The van der Waals surface area contributed by atoms with Crippen molar-refractivity contribution >= 4 is 29.7 Å². The molecule has 1 saturated heterocycles. The zero-order chi connectivity index (χ0) is 13.1. The Morgan fingerprint density at radius 3 is 2.95 bits per heavy atom. The maximum Gasteiger partial charge on any atom is 0.288 e. The molecule has 0 aromatic heterocycles. The van der Waals surface area contributed by atoms with Crippen LogP contribution in [0.1, 0.15) is 12.5 Å². The predicted octanol–water partition coefficient (Wildman–Crippen LogP) is 2.46. The molecule has 0 radical (unpaired) electrons. The molecule has 0 aliphatic carbocycles. The van der Waals surface area contributed by atoms with Crippen molar-refractivity contribution in [3.63, 3.8) is 0 Å². The quantitative estimate of drug-likeness (QED) is 0.688. The van der Waals surface area contributed by atoms with Gasteiger partial charge in [0.15, 0.2) is 0 Å². The number of hydrogen-bond donors (Lipinski definition) is 1. The SMILES string of the molecule is C[C@H]1CNCCN1Cc1ccc(Cl)c([N+](=O)[O-])c1.Cl. The van der Waals surface area contributed by atoms with E-state index in [1.807, 2.05) is 6.07 Å². The summed E-state index contributed by atoms with van der Waals surface area (Å²) in [6.07, 6.45) is 0. The van der Waals surface area contributed by atoms with E-state index in [1.54, 1.807) is 12.1 Å². The van der Waals surface area contributed by atoms with Crippen LogP contribution in [0.5, 0.6) is 0 Å². The van der Waals surface area contributed by atoms with Crippen LogP contribution in [0.25, 0.3) is 0 Å². The minimum atomic E-state index is -0.437. The van der Waals surface area contributed by atoms with Gasteiger partial charge in [-0.15, -0.1) is 12.4 Å². The largest absolute Gasteiger partial charge is 0.314 e. The van der Waals surface area contributed by atoms with Crippen LogP contribution in [0.3, 0.4) is 0 Å². The van der Waals surface area contributed by atoms with Crippen molar-refractivity contribution in [3.05, 3.63) is 38.9 Å². The highest BCUT2D eigenvalue weighted by atomic mass is 35.5. The van der Waals surface area contributed by atoms with E-state index in [2.05, 4.69) is 17.1 Å². The second-order valence-electron chi connectivity index (χ2n) is 4.57. The zero-order valence-electron chi connectivity index (χ0n) is 10.6. The van der Waals surface area contributed by atoms with Crippen LogP contribution in [0.4, 0.5) is 5.69 Å². The summed E-state index contributed by atoms with van der Waals surface area (Å²) in [6.45, 7) is 5.74. The fourth-order valence-corrected chi connectivity index (χ4v) is 2.34. The van der Waals surface area contributed by atoms with E-state index in [4.69, 9.17) is 11.6 Å². The van der Waals surface area contributed by atoms with Gasteiger partial charge in [0, 0.05) is 38.3 Å². The third-order valence-corrected chi connectivity index (χ3v) is 3.55. The maximum absolute atomic E-state index is 10.8. The number of nitrogens with zero attached hydrogens (tertiary/aromatic N) is 2. The van der Waals surface area contributed by atoms with Crippen molar-refractivity contribution in [1.29, 1.82) is 0 Å². The molecule has 1 aliphatic heterocycles. The van der Waals surface area contributed by atoms with Crippen LogP contribution in [-0.2, 0) is 6.54 Å². The second-order valence-corrected chi connectivity index (χ2v) is 4.97. The molecule has 1 fully saturated rings. The molecule has 1 aromatic rings. The first kappa shape index (κ1) is 16.2. The fourth-order valence-electron chi connectivity index (χ4n) is 2.15. The summed E-state index contributed by atoms with van der Waals surface area (Å²) in [7, 11) is 0. The van der Waals surface area contributed by atoms with Crippen molar-refractivity contribution in [2.24, 2.45) is 0 Å². The molecule has 1 N–H and O–H groups in total. The summed E-state index contributed by atoms with van der Waals surface area (Å²) < 4.78 is 0. The molecule has 0 saturated carbocycles. The number of hydrogen-bond acceptors (Lipinski definition) is 4. The van der Waals surface area contributed by atoms with Gasteiger partial charge in [-0.25, -0.2) is 0 Å². The lowest BCUT2D eigenvalue weighted by Gasteiger charge is -2.33. The van der Waals surface area contributed by atoms with Crippen LogP contribution < -0.4 is 5.32 Å². The van der Waals surface area contributed by atoms with E-state index in [9.17, 15) is 10.1 Å². The van der Waals surface area contributed by atoms with Gasteiger partial charge in [-0.05, 0) is 18.6 Å². The van der Waals surface area contributed by atoms with Crippen LogP contribution in [0.2, 0.25) is 5.02 Å². The van der Waals surface area contributed by atoms with Crippen LogP contribution >= 0.6 is 24.0 Å². The Kier molecular flexibility index (Phi) is 6.00. The van der Waals surface area contributed by atoms with E-state index in [1.165, 1.54) is 0 Å². The van der Waals surface area contributed by atoms with Gasteiger partial charge >= 0.3 is 0 Å². The average Bonchev–Trinajstić information content (AvgIpc) is 2.34. The van der Waals surface area contributed by atoms with Gasteiger partial charge in [-0.1, -0.05) is 17.7 Å². The number of nitro groups is 1. The second kappa shape index (κ2) is 7.05. The monoisotopic (exact) mass is 305 g/mol. The standard InChI is InChI=1S/C12H16ClN3O2.ClH/c1-9-7-14-4-5-15(9)8-10-2-3-11(13)12(6-10)16(17)18;/h2-3,6,9,14H,4-5,7-8H2,1H3;1H/t9-;/m0./s1. The predicted molar refractivity (Wildman–Crippen MR) is 78.1 cm³/mol. The summed E-state index contributed by atoms with van der Waals surface area (Å²) in [5.41, 5.74) is 0.914. The summed E-state index contributed by atoms with van der Waals surface area (Å²) in [5, 5.41) is 14.3. The lowest BCUT2D eigenvalue weighted by Crippen LogP contribution is -2.49. The molecule has 1 aliphatic rings. The molecule has 1 aromatic carbocycles. The first-order valence-electron chi connectivity index (χ1n) is 5.95. The Hall–Kier alpha value is -0.880. The molecule has 5 nitrogen and oxygen atoms in total. The third-order valence-electron chi connectivity index (χ3n) is 3.23. The molecule has 7 heteroatoms. The Morgan fingerprint density at radius 1 is 1.58 bits per heavy atom. The topological polar surface area (TPSA) is 58.4 Å². The Bertz CT molecular complexity index is 457. The van der Waals surface area contributed by atoms with Gasteiger partial charge in [0.1, 0.15) is 5.02 Å². The van der Waals surface area contributed by atoms with Crippen LogP contribution in [0.15, 0.2) is 18.2 Å². The molecule has 1 atom stereocenters. The number of nitrogens with one attached hydrogen (secondary N) is 1. The van der Waals surface area contributed by atoms with Gasteiger partial charge < -0.3 is 5.32 Å². The number of piperazine rings is 1. The van der Waals surface area contributed by atoms with E-state index in [0.717, 1.165) is 31.7 Å². The van der Waals surface area contributed by atoms with Crippen LogP contribution in [0, 0.1) is 10.1 Å². The Balaban J connectivity index is 0.00000180. The molecule has 106 valence electrons. The van der Waals surface area contributed by atoms with Crippen LogP contribution in [-0.4, -0.2) is 35.5 Å². The number of halogens is 2. The highest BCUT2D eigenvalue weighted by Crippen LogP contribution is 2.26. The first-order chi connectivity index (χ1) is 8.58. The molecular formula is C12H17Cl2N3O2. The first-order valence-corrected chi connectivity index (χ1v) is 6.33. The average molecular weight is 306 g/mol. The zero-order valence-corrected chi connectivity index (χ0v) is 12.2. The number of rotatable bonds is 3. The summed E-state index contributed by atoms with van der Waals surface area (Å²) in [4.78, 5) is 12.7. The molecule has 0 unspecified atom stereocenters. The molecule has 2 rings (SSSR count). The highest BCUT2D eigenvalue weighted by Gasteiger charge is 2.19. The third kappa shape index (κ3) is 4.04. The Morgan fingerprint density at radius 2 is 2.32 bits per heavy atom. The van der Waals surface area contributed by atoms with Gasteiger partial charge in [0.2, 0.25) is 0 Å². The van der Waals surface area contributed by atoms with Crippen molar-refractivity contribution in [2.75, 3.05) is 19.6 Å². The van der Waals surface area contributed by atoms with Gasteiger partial charge in [-0.3, -0.25) is 15.0 Å². The summed E-state index contributed by atoms with van der Waals surface area (Å²) >= 11 is 5.80. The van der Waals surface area contributed by atoms with Crippen molar-refractivity contribution < 1.29 is 4.92 Å². The van der Waals surface area contributed by atoms with E-state index >= 15 is 0 Å². The minimum Gasteiger partial charge on any atom is -0.314 e. The lowest BCUT2D eigenvalue weighted by molar-refractivity contribution is -0.384. The maximum atomic E-state index is 10.8. The minimum absolute atomic E-state index is 0. The van der Waals surface area contributed by atoms with Crippen molar-refractivity contribution in [1.82, 2.24) is 10.2 Å². The number of nitro benzene ring substituents is 1. The summed E-state index contributed by atoms with van der Waals surface area (Å²) in [5.74, 6) is 0. The molecule has 19 heavy (non-hydrogen) atoms. The van der Waals surface area contributed by atoms with Gasteiger partial charge in [-0.2, -0.15) is 0 Å². The van der Waals surface area contributed by atoms with E-state index in [-0.39, 0.29) is 23.1 Å². The summed E-state index contributed by atoms with van der Waals surface area (Å²) in [6, 6.07) is 5.46.